The van der Waals surface area contributed by atoms with Gasteiger partial charge >= 0.3 is 0 Å². The summed E-state index contributed by atoms with van der Waals surface area (Å²) >= 11 is 0. The normalized spacial score (nSPS) is 28.8. The van der Waals surface area contributed by atoms with Gasteiger partial charge < -0.3 is 15.3 Å². The molecule has 5 heteroatoms. The highest BCUT2D eigenvalue weighted by molar-refractivity contribution is 5.96. The number of amides is 2. The van der Waals surface area contributed by atoms with Crippen LogP contribution in [0.15, 0.2) is 30.3 Å². The highest BCUT2D eigenvalue weighted by Gasteiger charge is 2.57. The molecule has 2 amide bonds. The molecular formula is C16H22N2O3. The number of aliphatic hydroxyl groups excluding tert-OH is 1. The van der Waals surface area contributed by atoms with Crippen LogP contribution in [0, 0.1) is 11.8 Å². The number of nitrogens with zero attached hydrogens (tertiary/aromatic N) is 1. The summed E-state index contributed by atoms with van der Waals surface area (Å²) in [6.45, 7) is 3.64. The Labute approximate surface area is 125 Å². The fourth-order valence-electron chi connectivity index (χ4n) is 3.05. The molecule has 0 bridgehead atoms. The first-order valence-electron chi connectivity index (χ1n) is 7.16. The molecule has 1 aromatic carbocycles. The molecule has 2 rings (SSSR count). The van der Waals surface area contributed by atoms with Crippen molar-refractivity contribution in [1.82, 2.24) is 10.2 Å². The summed E-state index contributed by atoms with van der Waals surface area (Å²) in [5, 5.41) is 12.6. The van der Waals surface area contributed by atoms with E-state index in [1.807, 2.05) is 37.3 Å². The predicted molar refractivity (Wildman–Crippen MR) is 79.2 cm³/mol. The van der Waals surface area contributed by atoms with E-state index in [1.54, 1.807) is 14.0 Å². The molecule has 1 aromatic rings. The first-order valence-corrected chi connectivity index (χ1v) is 7.16. The molecular weight excluding hydrogens is 268 g/mol. The van der Waals surface area contributed by atoms with E-state index in [4.69, 9.17) is 0 Å². The highest BCUT2D eigenvalue weighted by atomic mass is 16.3. The zero-order valence-corrected chi connectivity index (χ0v) is 12.7. The molecule has 1 heterocycles. The average Bonchev–Trinajstić information content (AvgIpc) is 2.68. The standard InChI is InChI=1S/C16H22N2O3/c1-11-12(2)16(10-19,18(3)14(11)20)15(21)17-9-13-7-5-4-6-8-13/h4-8,11-12,19H,9-10H2,1-3H3,(H,17,21). The van der Waals surface area contributed by atoms with Crippen LogP contribution >= 0.6 is 0 Å². The van der Waals surface area contributed by atoms with Gasteiger partial charge in [0.25, 0.3) is 0 Å². The number of rotatable bonds is 4. The monoisotopic (exact) mass is 290 g/mol. The fourth-order valence-corrected chi connectivity index (χ4v) is 3.05. The molecule has 21 heavy (non-hydrogen) atoms. The Kier molecular flexibility index (Phi) is 4.32. The minimum atomic E-state index is -1.18. The van der Waals surface area contributed by atoms with Gasteiger partial charge in [-0.2, -0.15) is 0 Å². The van der Waals surface area contributed by atoms with Gasteiger partial charge in [0, 0.05) is 25.4 Å². The van der Waals surface area contributed by atoms with E-state index in [0.29, 0.717) is 6.54 Å². The van der Waals surface area contributed by atoms with Gasteiger partial charge in [0.15, 0.2) is 0 Å². The second-order valence-corrected chi connectivity index (χ2v) is 5.73. The van der Waals surface area contributed by atoms with E-state index in [1.165, 1.54) is 4.90 Å². The molecule has 1 fully saturated rings. The number of carbonyl (C=O) groups excluding carboxylic acids is 2. The average molecular weight is 290 g/mol. The smallest absolute Gasteiger partial charge is 0.248 e. The van der Waals surface area contributed by atoms with E-state index in [9.17, 15) is 14.7 Å². The predicted octanol–water partition coefficient (Wildman–Crippen LogP) is 0.778. The van der Waals surface area contributed by atoms with Gasteiger partial charge in [0.1, 0.15) is 5.54 Å². The van der Waals surface area contributed by atoms with Gasteiger partial charge in [-0.15, -0.1) is 0 Å². The molecule has 0 aromatic heterocycles. The van der Waals surface area contributed by atoms with E-state index in [-0.39, 0.29) is 30.3 Å². The van der Waals surface area contributed by atoms with Crippen molar-refractivity contribution in [3.63, 3.8) is 0 Å². The van der Waals surface area contributed by atoms with Crippen molar-refractivity contribution in [1.29, 1.82) is 0 Å². The van der Waals surface area contributed by atoms with Crippen LogP contribution in [0.3, 0.4) is 0 Å². The SMILES string of the molecule is CC1C(=O)N(C)C(CO)(C(=O)NCc2ccccc2)C1C. The van der Waals surface area contributed by atoms with Crippen LogP contribution in [-0.2, 0) is 16.1 Å². The number of benzene rings is 1. The maximum atomic E-state index is 12.6. The second-order valence-electron chi connectivity index (χ2n) is 5.73. The summed E-state index contributed by atoms with van der Waals surface area (Å²) in [4.78, 5) is 26.1. The van der Waals surface area contributed by atoms with Crippen molar-refractivity contribution < 1.29 is 14.7 Å². The zero-order valence-electron chi connectivity index (χ0n) is 12.7. The van der Waals surface area contributed by atoms with Crippen LogP contribution in [0.4, 0.5) is 0 Å². The van der Waals surface area contributed by atoms with Crippen LogP contribution in [0.1, 0.15) is 19.4 Å². The third kappa shape index (κ3) is 2.42. The van der Waals surface area contributed by atoms with Crippen LogP contribution in [0.25, 0.3) is 0 Å². The molecule has 1 aliphatic heterocycles. The number of likely N-dealkylation sites (tertiary alicyclic amines) is 1. The highest BCUT2D eigenvalue weighted by Crippen LogP contribution is 2.38. The van der Waals surface area contributed by atoms with Crippen LogP contribution in [-0.4, -0.2) is 41.0 Å². The Morgan fingerprint density at radius 3 is 2.43 bits per heavy atom. The second kappa shape index (κ2) is 5.85. The lowest BCUT2D eigenvalue weighted by atomic mass is 9.81. The number of nitrogens with one attached hydrogen (secondary N) is 1. The zero-order chi connectivity index (χ0) is 15.6. The van der Waals surface area contributed by atoms with Gasteiger partial charge in [0.05, 0.1) is 6.61 Å². The van der Waals surface area contributed by atoms with E-state index >= 15 is 0 Å². The third-order valence-electron chi connectivity index (χ3n) is 4.75. The van der Waals surface area contributed by atoms with Gasteiger partial charge in [-0.1, -0.05) is 44.2 Å². The molecule has 5 nitrogen and oxygen atoms in total. The van der Waals surface area contributed by atoms with Crippen molar-refractivity contribution in [2.75, 3.05) is 13.7 Å². The van der Waals surface area contributed by atoms with Crippen molar-refractivity contribution in [3.8, 4) is 0 Å². The van der Waals surface area contributed by atoms with Crippen LogP contribution < -0.4 is 5.32 Å². The quantitative estimate of drug-likeness (QED) is 0.861. The van der Waals surface area contributed by atoms with Crippen molar-refractivity contribution in [2.45, 2.75) is 25.9 Å². The lowest BCUT2D eigenvalue weighted by molar-refractivity contribution is -0.143. The molecule has 0 saturated carbocycles. The third-order valence-corrected chi connectivity index (χ3v) is 4.75. The Hall–Kier alpha value is -1.88. The van der Waals surface area contributed by atoms with Gasteiger partial charge in [-0.25, -0.2) is 0 Å². The molecule has 0 spiro atoms. The van der Waals surface area contributed by atoms with Crippen molar-refractivity contribution in [3.05, 3.63) is 35.9 Å². The number of hydrogen-bond acceptors (Lipinski definition) is 3. The summed E-state index contributed by atoms with van der Waals surface area (Å²) in [6, 6.07) is 9.55. The number of carbonyl (C=O) groups is 2. The van der Waals surface area contributed by atoms with Gasteiger partial charge in [0.2, 0.25) is 11.8 Å². The summed E-state index contributed by atoms with van der Waals surface area (Å²) < 4.78 is 0. The maximum Gasteiger partial charge on any atom is 0.248 e. The summed E-state index contributed by atoms with van der Waals surface area (Å²) in [7, 11) is 1.58. The molecule has 114 valence electrons. The number of likely N-dealkylation sites (N-methyl/N-ethyl adjacent to an activating group) is 1. The Morgan fingerprint density at radius 1 is 1.33 bits per heavy atom. The fraction of sp³-hybridized carbons (Fsp3) is 0.500. The van der Waals surface area contributed by atoms with E-state index in [0.717, 1.165) is 5.56 Å². The largest absolute Gasteiger partial charge is 0.393 e. The summed E-state index contributed by atoms with van der Waals surface area (Å²) in [5.74, 6) is -0.923. The van der Waals surface area contributed by atoms with Gasteiger partial charge in [-0.3, -0.25) is 9.59 Å². The summed E-state index contributed by atoms with van der Waals surface area (Å²) in [5.41, 5.74) is -0.197. The molecule has 1 aliphatic rings. The molecule has 3 atom stereocenters. The molecule has 1 saturated heterocycles. The maximum absolute atomic E-state index is 12.6. The number of aliphatic hydroxyl groups is 1. The summed E-state index contributed by atoms with van der Waals surface area (Å²) in [6.07, 6.45) is 0. The van der Waals surface area contributed by atoms with Crippen LogP contribution in [0.5, 0.6) is 0 Å². The molecule has 0 aliphatic carbocycles. The molecule has 3 unspecified atom stereocenters. The topological polar surface area (TPSA) is 69.6 Å². The first-order chi connectivity index (χ1) is 9.95. The first kappa shape index (κ1) is 15.5. The van der Waals surface area contributed by atoms with E-state index < -0.39 is 5.54 Å². The van der Waals surface area contributed by atoms with Crippen molar-refractivity contribution >= 4 is 11.8 Å². The Balaban J connectivity index is 2.17. The lowest BCUT2D eigenvalue weighted by Gasteiger charge is -2.36. The number of hydrogen-bond donors (Lipinski definition) is 2. The lowest BCUT2D eigenvalue weighted by Crippen LogP contribution is -2.60. The van der Waals surface area contributed by atoms with Crippen molar-refractivity contribution in [2.24, 2.45) is 11.8 Å². The Morgan fingerprint density at radius 2 is 1.95 bits per heavy atom. The van der Waals surface area contributed by atoms with Gasteiger partial charge in [-0.05, 0) is 5.56 Å². The molecule has 2 N–H and O–H groups in total. The van der Waals surface area contributed by atoms with Crippen LogP contribution in [0.2, 0.25) is 0 Å². The minimum Gasteiger partial charge on any atom is -0.393 e. The van der Waals surface area contributed by atoms with E-state index in [2.05, 4.69) is 5.32 Å². The molecule has 0 radical (unpaired) electrons. The Bertz CT molecular complexity index is 532. The minimum absolute atomic E-state index is 0.105.